The first-order valence-electron chi connectivity index (χ1n) is 6.06. The second-order valence-corrected chi connectivity index (χ2v) is 4.93. The highest BCUT2D eigenvalue weighted by molar-refractivity contribution is 5.84. The highest BCUT2D eigenvalue weighted by Crippen LogP contribution is 2.29. The van der Waals surface area contributed by atoms with E-state index in [-0.39, 0.29) is 5.54 Å². The quantitative estimate of drug-likeness (QED) is 0.654. The van der Waals surface area contributed by atoms with Gasteiger partial charge in [0.15, 0.2) is 17.1 Å². The Bertz CT molecular complexity index is 719. The van der Waals surface area contributed by atoms with Crippen LogP contribution in [0.5, 0.6) is 0 Å². The lowest BCUT2D eigenvalue weighted by atomic mass is 10.00. The minimum absolute atomic E-state index is 0.116. The molecule has 0 bridgehead atoms. The Hall–Kier alpha value is -2.02. The van der Waals surface area contributed by atoms with E-state index in [9.17, 15) is 0 Å². The molecule has 0 aromatic carbocycles. The van der Waals surface area contributed by atoms with Crippen molar-refractivity contribution < 1.29 is 0 Å². The van der Waals surface area contributed by atoms with E-state index in [1.165, 1.54) is 0 Å². The summed E-state index contributed by atoms with van der Waals surface area (Å²) in [5.41, 5.74) is 2.17. The van der Waals surface area contributed by atoms with Gasteiger partial charge in [0.05, 0.1) is 11.9 Å². The Balaban J connectivity index is 2.02. The van der Waals surface area contributed by atoms with Crippen LogP contribution in [0.15, 0.2) is 12.7 Å². The van der Waals surface area contributed by atoms with Crippen LogP contribution in [0.1, 0.15) is 25.6 Å². The SMILES string of the molecule is CC1(c2nnc3c4[nH]cnc4ncn23)CCCN1. The fourth-order valence-electron chi connectivity index (χ4n) is 2.69. The highest BCUT2D eigenvalue weighted by Gasteiger charge is 2.35. The second-order valence-electron chi connectivity index (χ2n) is 4.93. The van der Waals surface area contributed by atoms with Gasteiger partial charge < -0.3 is 10.3 Å². The van der Waals surface area contributed by atoms with Crippen molar-refractivity contribution in [3.63, 3.8) is 0 Å². The van der Waals surface area contributed by atoms with Gasteiger partial charge in [-0.2, -0.15) is 0 Å². The van der Waals surface area contributed by atoms with E-state index in [0.29, 0.717) is 5.65 Å². The summed E-state index contributed by atoms with van der Waals surface area (Å²) in [6.07, 6.45) is 5.60. The summed E-state index contributed by atoms with van der Waals surface area (Å²) in [5.74, 6) is 0.916. The standard InChI is InChI=1S/C11H13N7/c1-11(3-2-4-15-11)10-17-16-9-7-8(13-5-12-7)14-6-18(9)10/h5-6,15H,2-4H2,1H3,(H,12,13). The topological polar surface area (TPSA) is 83.8 Å². The number of nitrogens with zero attached hydrogens (tertiary/aromatic N) is 5. The molecule has 1 aliphatic rings. The molecule has 0 radical (unpaired) electrons. The molecule has 2 N–H and O–H groups in total. The fraction of sp³-hybridized carbons (Fsp3) is 0.455. The second kappa shape index (κ2) is 3.26. The molecule has 0 amide bonds. The van der Waals surface area contributed by atoms with Crippen molar-refractivity contribution in [3.8, 4) is 0 Å². The average Bonchev–Trinajstić information content (AvgIpc) is 3.05. The van der Waals surface area contributed by atoms with Gasteiger partial charge in [0.25, 0.3) is 0 Å². The molecule has 7 nitrogen and oxygen atoms in total. The molecule has 0 aliphatic carbocycles. The minimum Gasteiger partial charge on any atom is -0.340 e. The van der Waals surface area contributed by atoms with Crippen LogP contribution in [-0.4, -0.2) is 36.1 Å². The van der Waals surface area contributed by atoms with E-state index >= 15 is 0 Å². The molecule has 4 rings (SSSR count). The predicted molar refractivity (Wildman–Crippen MR) is 65.0 cm³/mol. The van der Waals surface area contributed by atoms with Crippen LogP contribution in [0.4, 0.5) is 0 Å². The third-order valence-electron chi connectivity index (χ3n) is 3.70. The Morgan fingerprint density at radius 2 is 2.28 bits per heavy atom. The number of aromatic nitrogens is 6. The average molecular weight is 243 g/mol. The molecule has 0 spiro atoms. The van der Waals surface area contributed by atoms with Gasteiger partial charge >= 0.3 is 0 Å². The van der Waals surface area contributed by atoms with Gasteiger partial charge in [0.1, 0.15) is 11.8 Å². The third kappa shape index (κ3) is 1.16. The lowest BCUT2D eigenvalue weighted by Gasteiger charge is -2.21. The molecule has 18 heavy (non-hydrogen) atoms. The molecule has 1 aliphatic heterocycles. The Morgan fingerprint density at radius 1 is 1.33 bits per heavy atom. The molecule has 3 aromatic rings. The molecule has 1 fully saturated rings. The van der Waals surface area contributed by atoms with Crippen molar-refractivity contribution in [2.24, 2.45) is 0 Å². The van der Waals surface area contributed by atoms with E-state index < -0.39 is 0 Å². The molecule has 1 atom stereocenters. The lowest BCUT2D eigenvalue weighted by Crippen LogP contribution is -2.35. The molecule has 7 heteroatoms. The van der Waals surface area contributed by atoms with Crippen LogP contribution < -0.4 is 5.32 Å². The van der Waals surface area contributed by atoms with Gasteiger partial charge in [0.2, 0.25) is 0 Å². The number of hydrogen-bond acceptors (Lipinski definition) is 5. The van der Waals surface area contributed by atoms with E-state index in [1.807, 2.05) is 4.40 Å². The molecule has 4 heterocycles. The highest BCUT2D eigenvalue weighted by atomic mass is 15.3. The smallest absolute Gasteiger partial charge is 0.189 e. The monoisotopic (exact) mass is 243 g/mol. The molecular weight excluding hydrogens is 230 g/mol. The summed E-state index contributed by atoms with van der Waals surface area (Å²) < 4.78 is 1.94. The Labute approximate surface area is 103 Å². The fourth-order valence-corrected chi connectivity index (χ4v) is 2.69. The van der Waals surface area contributed by atoms with Crippen molar-refractivity contribution in [1.29, 1.82) is 0 Å². The van der Waals surface area contributed by atoms with Crippen molar-refractivity contribution >= 4 is 16.8 Å². The zero-order valence-electron chi connectivity index (χ0n) is 10.0. The number of imidazole rings is 1. The summed E-state index contributed by atoms with van der Waals surface area (Å²) >= 11 is 0. The number of H-pyrrole nitrogens is 1. The van der Waals surface area contributed by atoms with Crippen molar-refractivity contribution in [2.75, 3.05) is 6.54 Å². The molecule has 0 saturated carbocycles. The molecule has 3 aromatic heterocycles. The third-order valence-corrected chi connectivity index (χ3v) is 3.70. The van der Waals surface area contributed by atoms with Crippen molar-refractivity contribution in [2.45, 2.75) is 25.3 Å². The zero-order valence-corrected chi connectivity index (χ0v) is 10.0. The Kier molecular flexibility index (Phi) is 1.80. The summed E-state index contributed by atoms with van der Waals surface area (Å²) in [5, 5.41) is 12.1. The normalized spacial score (nSPS) is 24.3. The van der Waals surface area contributed by atoms with Crippen LogP contribution in [0.3, 0.4) is 0 Å². The molecular formula is C11H13N7. The van der Waals surface area contributed by atoms with E-state index in [4.69, 9.17) is 0 Å². The number of rotatable bonds is 1. The van der Waals surface area contributed by atoms with Gasteiger partial charge in [-0.1, -0.05) is 0 Å². The maximum atomic E-state index is 4.34. The van der Waals surface area contributed by atoms with Crippen LogP contribution in [0.2, 0.25) is 0 Å². The maximum Gasteiger partial charge on any atom is 0.189 e. The summed E-state index contributed by atoms with van der Waals surface area (Å²) in [4.78, 5) is 11.5. The first-order valence-corrected chi connectivity index (χ1v) is 6.06. The van der Waals surface area contributed by atoms with Gasteiger partial charge in [-0.25, -0.2) is 9.97 Å². The van der Waals surface area contributed by atoms with Crippen molar-refractivity contribution in [1.82, 2.24) is 34.9 Å². The van der Waals surface area contributed by atoms with Crippen LogP contribution in [0.25, 0.3) is 16.8 Å². The molecule has 1 unspecified atom stereocenters. The lowest BCUT2D eigenvalue weighted by molar-refractivity contribution is 0.402. The van der Waals surface area contributed by atoms with Crippen LogP contribution >= 0.6 is 0 Å². The first kappa shape index (κ1) is 9.95. The summed E-state index contributed by atoms with van der Waals surface area (Å²) in [6.45, 7) is 3.18. The van der Waals surface area contributed by atoms with Gasteiger partial charge in [-0.05, 0) is 26.3 Å². The maximum absolute atomic E-state index is 4.34. The summed E-state index contributed by atoms with van der Waals surface area (Å²) in [6, 6.07) is 0. The van der Waals surface area contributed by atoms with E-state index in [2.05, 4.69) is 37.4 Å². The van der Waals surface area contributed by atoms with Gasteiger partial charge in [0, 0.05) is 0 Å². The predicted octanol–water partition coefficient (Wildman–Crippen LogP) is 0.599. The minimum atomic E-state index is -0.116. The van der Waals surface area contributed by atoms with Crippen LogP contribution in [-0.2, 0) is 5.54 Å². The number of fused-ring (bicyclic) bond motifs is 3. The van der Waals surface area contributed by atoms with Gasteiger partial charge in [-0.15, -0.1) is 10.2 Å². The number of aromatic amines is 1. The number of nitrogens with one attached hydrogen (secondary N) is 2. The Morgan fingerprint density at radius 3 is 3.11 bits per heavy atom. The largest absolute Gasteiger partial charge is 0.340 e. The van der Waals surface area contributed by atoms with E-state index in [1.54, 1.807) is 12.7 Å². The molecule has 1 saturated heterocycles. The zero-order chi connectivity index (χ0) is 12.2. The first-order chi connectivity index (χ1) is 8.78. The number of hydrogen-bond donors (Lipinski definition) is 2. The van der Waals surface area contributed by atoms with Gasteiger partial charge in [-0.3, -0.25) is 4.40 Å². The van der Waals surface area contributed by atoms with Crippen LogP contribution in [0, 0.1) is 0 Å². The van der Waals surface area contributed by atoms with E-state index in [0.717, 1.165) is 36.4 Å². The summed E-state index contributed by atoms with van der Waals surface area (Å²) in [7, 11) is 0. The molecule has 92 valence electrons. The van der Waals surface area contributed by atoms with Crippen molar-refractivity contribution in [3.05, 3.63) is 18.5 Å².